The number of amides is 1. The quantitative estimate of drug-likeness (QED) is 0.642. The fourth-order valence-electron chi connectivity index (χ4n) is 2.05. The summed E-state index contributed by atoms with van der Waals surface area (Å²) in [7, 11) is 0. The first-order chi connectivity index (χ1) is 11.7. The first kappa shape index (κ1) is 17.5. The Morgan fingerprint density at radius 2 is 2.04 bits per heavy atom. The van der Waals surface area contributed by atoms with Crippen LogP contribution < -0.4 is 5.32 Å². The number of aromatic nitrogens is 2. The number of aryl methyl sites for hydroxylation is 1. The summed E-state index contributed by atoms with van der Waals surface area (Å²) in [5.41, 5.74) is -0.299. The maximum Gasteiger partial charge on any atom is 0.309 e. The van der Waals surface area contributed by atoms with Crippen LogP contribution in [-0.4, -0.2) is 25.5 Å². The summed E-state index contributed by atoms with van der Waals surface area (Å²) >= 11 is 0. The zero-order valence-electron chi connectivity index (χ0n) is 13.2. The summed E-state index contributed by atoms with van der Waals surface area (Å²) in [6.07, 6.45) is 1.14. The van der Waals surface area contributed by atoms with Crippen LogP contribution in [0.25, 0.3) is 0 Å². The van der Waals surface area contributed by atoms with Gasteiger partial charge in [0.05, 0.1) is 21.1 Å². The monoisotopic (exact) mass is 344 g/mol. The van der Waals surface area contributed by atoms with Crippen LogP contribution in [0.4, 0.5) is 17.1 Å². The number of rotatable bonds is 5. The van der Waals surface area contributed by atoms with Crippen LogP contribution in [0, 0.1) is 38.5 Å². The van der Waals surface area contributed by atoms with E-state index in [0.29, 0.717) is 0 Å². The molecule has 0 aliphatic rings. The van der Waals surface area contributed by atoms with Crippen molar-refractivity contribution in [3.63, 3.8) is 0 Å². The lowest BCUT2D eigenvalue weighted by atomic mass is 10.1. The second-order valence-electron chi connectivity index (χ2n) is 5.10. The van der Waals surface area contributed by atoms with E-state index in [2.05, 4.69) is 10.4 Å². The van der Waals surface area contributed by atoms with Gasteiger partial charge in [0, 0.05) is 12.1 Å². The first-order valence-electron chi connectivity index (χ1n) is 6.94. The topological polar surface area (TPSA) is 157 Å². The molecule has 128 valence electrons. The molecule has 0 bridgehead atoms. The van der Waals surface area contributed by atoms with Crippen LogP contribution in [0.15, 0.2) is 24.4 Å². The van der Waals surface area contributed by atoms with E-state index in [1.54, 1.807) is 6.07 Å². The van der Waals surface area contributed by atoms with Gasteiger partial charge in [-0.15, -0.1) is 0 Å². The molecule has 1 heterocycles. The molecule has 0 fully saturated rings. The number of nitro benzene ring substituents is 1. The van der Waals surface area contributed by atoms with Gasteiger partial charge in [-0.3, -0.25) is 29.7 Å². The molecule has 0 aliphatic heterocycles. The van der Waals surface area contributed by atoms with Crippen molar-refractivity contribution in [2.75, 3.05) is 5.32 Å². The Kier molecular flexibility index (Phi) is 4.74. The number of anilines is 1. The molecule has 1 N–H and O–H groups in total. The molecule has 25 heavy (non-hydrogen) atoms. The Labute approximate surface area is 140 Å². The molecule has 1 atom stereocenters. The Morgan fingerprint density at radius 1 is 1.36 bits per heavy atom. The van der Waals surface area contributed by atoms with Crippen LogP contribution in [-0.2, 0) is 4.79 Å². The molecule has 0 spiro atoms. The van der Waals surface area contributed by atoms with Gasteiger partial charge in [0.1, 0.15) is 24.0 Å². The molecule has 0 aliphatic carbocycles. The Bertz CT molecular complexity index is 913. The maximum atomic E-state index is 12.3. The molecule has 2 aromatic rings. The molecular formula is C14H12N6O5. The minimum Gasteiger partial charge on any atom is -0.323 e. The van der Waals surface area contributed by atoms with Gasteiger partial charge in [-0.25, -0.2) is 0 Å². The second-order valence-corrected chi connectivity index (χ2v) is 5.10. The standard InChI is InChI=1S/C14H12N6O5/c1-8-13(20(24)25)7-18(17-8)9(2)14(21)16-12-4-3-11(19(22)23)5-10(12)6-15/h3-5,7,9H,1-2H3,(H,16,21). The Morgan fingerprint density at radius 3 is 2.56 bits per heavy atom. The minimum absolute atomic E-state index is 0.0719. The summed E-state index contributed by atoms with van der Waals surface area (Å²) in [6, 6.07) is 4.33. The van der Waals surface area contributed by atoms with Gasteiger partial charge in [-0.1, -0.05) is 0 Å². The van der Waals surface area contributed by atoms with Crippen molar-refractivity contribution in [2.24, 2.45) is 0 Å². The lowest BCUT2D eigenvalue weighted by Gasteiger charge is -2.13. The van der Waals surface area contributed by atoms with E-state index in [0.717, 1.165) is 23.0 Å². The van der Waals surface area contributed by atoms with Crippen LogP contribution in [0.1, 0.15) is 24.2 Å². The summed E-state index contributed by atoms with van der Waals surface area (Å²) in [5.74, 6) is -0.581. The number of hydrogen-bond acceptors (Lipinski definition) is 7. The third-order valence-electron chi connectivity index (χ3n) is 3.46. The van der Waals surface area contributed by atoms with Crippen molar-refractivity contribution in [3.05, 3.63) is 55.9 Å². The lowest BCUT2D eigenvalue weighted by molar-refractivity contribution is -0.385. The number of benzene rings is 1. The average Bonchev–Trinajstić information content (AvgIpc) is 2.96. The number of hydrogen-bond donors (Lipinski definition) is 1. The third kappa shape index (κ3) is 3.58. The van der Waals surface area contributed by atoms with E-state index < -0.39 is 21.8 Å². The third-order valence-corrected chi connectivity index (χ3v) is 3.46. The van der Waals surface area contributed by atoms with Crippen molar-refractivity contribution < 1.29 is 14.6 Å². The number of nitro groups is 2. The largest absolute Gasteiger partial charge is 0.323 e. The highest BCUT2D eigenvalue weighted by Gasteiger charge is 2.23. The zero-order valence-corrected chi connectivity index (χ0v) is 13.2. The number of carbonyl (C=O) groups is 1. The van der Waals surface area contributed by atoms with Gasteiger partial charge in [0.25, 0.3) is 5.69 Å². The first-order valence-corrected chi connectivity index (χ1v) is 6.94. The molecule has 0 saturated heterocycles. The maximum absolute atomic E-state index is 12.3. The summed E-state index contributed by atoms with van der Waals surface area (Å²) in [6.45, 7) is 2.92. The van der Waals surface area contributed by atoms with E-state index in [1.165, 1.54) is 19.9 Å². The molecule has 11 heteroatoms. The molecule has 0 radical (unpaired) electrons. The van der Waals surface area contributed by atoms with E-state index >= 15 is 0 Å². The lowest BCUT2D eigenvalue weighted by Crippen LogP contribution is -2.24. The molecule has 1 aromatic carbocycles. The van der Waals surface area contributed by atoms with Gasteiger partial charge >= 0.3 is 5.69 Å². The van der Waals surface area contributed by atoms with Crippen molar-refractivity contribution in [3.8, 4) is 6.07 Å². The van der Waals surface area contributed by atoms with Gasteiger partial charge in [-0.05, 0) is 19.9 Å². The van der Waals surface area contributed by atoms with Crippen LogP contribution in [0.5, 0.6) is 0 Å². The number of non-ortho nitro benzene ring substituents is 1. The zero-order chi connectivity index (χ0) is 18.7. The predicted octanol–water partition coefficient (Wildman–Crippen LogP) is 2.08. The smallest absolute Gasteiger partial charge is 0.309 e. The fourth-order valence-corrected chi connectivity index (χ4v) is 2.05. The Hall–Kier alpha value is -3.81. The highest BCUT2D eigenvalue weighted by Crippen LogP contribution is 2.23. The Balaban J connectivity index is 2.25. The van der Waals surface area contributed by atoms with Crippen molar-refractivity contribution in [1.29, 1.82) is 5.26 Å². The number of nitrogens with zero attached hydrogens (tertiary/aromatic N) is 5. The van der Waals surface area contributed by atoms with Crippen molar-refractivity contribution in [1.82, 2.24) is 9.78 Å². The van der Waals surface area contributed by atoms with E-state index in [4.69, 9.17) is 5.26 Å². The minimum atomic E-state index is -0.894. The van der Waals surface area contributed by atoms with Gasteiger partial charge in [-0.2, -0.15) is 10.4 Å². The number of carbonyl (C=O) groups excluding carboxylic acids is 1. The summed E-state index contributed by atoms with van der Waals surface area (Å²) in [4.78, 5) is 32.6. The molecule has 1 amide bonds. The highest BCUT2D eigenvalue weighted by molar-refractivity contribution is 5.94. The van der Waals surface area contributed by atoms with Crippen LogP contribution in [0.2, 0.25) is 0 Å². The molecule has 1 unspecified atom stereocenters. The summed E-state index contributed by atoms with van der Waals surface area (Å²) < 4.78 is 1.14. The van der Waals surface area contributed by atoms with E-state index in [1.807, 2.05) is 0 Å². The molecular weight excluding hydrogens is 332 g/mol. The van der Waals surface area contributed by atoms with Crippen molar-refractivity contribution >= 4 is 23.0 Å². The molecule has 1 aromatic heterocycles. The second kappa shape index (κ2) is 6.75. The molecule has 0 saturated carbocycles. The SMILES string of the molecule is Cc1nn(C(C)C(=O)Nc2ccc([N+](=O)[O-])cc2C#N)cc1[N+](=O)[O-]. The van der Waals surface area contributed by atoms with E-state index in [9.17, 15) is 25.0 Å². The molecule has 2 rings (SSSR count). The predicted molar refractivity (Wildman–Crippen MR) is 84.8 cm³/mol. The summed E-state index contributed by atoms with van der Waals surface area (Å²) in [5, 5.41) is 37.1. The molecule has 11 nitrogen and oxygen atoms in total. The van der Waals surface area contributed by atoms with E-state index in [-0.39, 0.29) is 28.3 Å². The number of nitriles is 1. The fraction of sp³-hybridized carbons (Fsp3) is 0.214. The van der Waals surface area contributed by atoms with Gasteiger partial charge in [0.15, 0.2) is 0 Å². The number of nitrogens with one attached hydrogen (secondary N) is 1. The van der Waals surface area contributed by atoms with Gasteiger partial charge < -0.3 is 5.32 Å². The highest BCUT2D eigenvalue weighted by atomic mass is 16.6. The van der Waals surface area contributed by atoms with Gasteiger partial charge in [0.2, 0.25) is 5.91 Å². The van der Waals surface area contributed by atoms with Crippen LogP contribution in [0.3, 0.4) is 0 Å². The normalized spacial score (nSPS) is 11.4. The van der Waals surface area contributed by atoms with Crippen molar-refractivity contribution in [2.45, 2.75) is 19.9 Å². The average molecular weight is 344 g/mol. The van der Waals surface area contributed by atoms with Crippen LogP contribution >= 0.6 is 0 Å².